The third kappa shape index (κ3) is 2.39. The first kappa shape index (κ1) is 13.5. The number of hydrazine groups is 1. The Bertz CT molecular complexity index is 346. The maximum absolute atomic E-state index is 6.18. The first-order valence-corrected chi connectivity index (χ1v) is 6.03. The molecule has 92 valence electrons. The largest absolute Gasteiger partial charge is 0.271 e. The summed E-state index contributed by atoms with van der Waals surface area (Å²) in [6.45, 7) is 9.31. The zero-order valence-electron chi connectivity index (χ0n) is 10.4. The van der Waals surface area contributed by atoms with Crippen LogP contribution in [0.1, 0.15) is 45.9 Å². The minimum atomic E-state index is 0.00690. The second-order valence-corrected chi connectivity index (χ2v) is 5.04. The number of halogens is 1. The maximum atomic E-state index is 6.18. The number of hydrogen-bond donors (Lipinski definition) is 2. The van der Waals surface area contributed by atoms with Gasteiger partial charge in [0.15, 0.2) is 0 Å². The Morgan fingerprint density at radius 1 is 1.56 bits per heavy atom. The molecule has 4 nitrogen and oxygen atoms in total. The highest BCUT2D eigenvalue weighted by Crippen LogP contribution is 2.38. The van der Waals surface area contributed by atoms with Gasteiger partial charge in [0.2, 0.25) is 0 Å². The van der Waals surface area contributed by atoms with E-state index in [9.17, 15) is 0 Å². The molecule has 0 saturated carbocycles. The van der Waals surface area contributed by atoms with Gasteiger partial charge in [-0.25, -0.2) is 0 Å². The molecule has 3 N–H and O–H groups in total. The third-order valence-corrected chi connectivity index (χ3v) is 3.56. The van der Waals surface area contributed by atoms with Gasteiger partial charge in [-0.2, -0.15) is 5.10 Å². The van der Waals surface area contributed by atoms with Crippen LogP contribution >= 0.6 is 11.6 Å². The van der Waals surface area contributed by atoms with Crippen molar-refractivity contribution in [3.8, 4) is 0 Å². The van der Waals surface area contributed by atoms with Crippen molar-refractivity contribution < 1.29 is 0 Å². The van der Waals surface area contributed by atoms with Gasteiger partial charge in [0.05, 0.1) is 23.0 Å². The highest BCUT2D eigenvalue weighted by atomic mass is 35.5. The lowest BCUT2D eigenvalue weighted by molar-refractivity contribution is 0.225. The molecule has 0 aromatic carbocycles. The van der Waals surface area contributed by atoms with Crippen molar-refractivity contribution in [2.75, 3.05) is 0 Å². The third-order valence-electron chi connectivity index (χ3n) is 3.27. The predicted molar refractivity (Wildman–Crippen MR) is 67.0 cm³/mol. The van der Waals surface area contributed by atoms with Crippen molar-refractivity contribution in [1.29, 1.82) is 0 Å². The Kier molecular flexibility index (Phi) is 4.35. The highest BCUT2D eigenvalue weighted by Gasteiger charge is 2.32. The topological polar surface area (TPSA) is 55.9 Å². The standard InChI is InChI=1S/C11H21ClN4/c1-5-11(3,4)10(15-13)9-8(12)7-14-16(9)6-2/h7,10,15H,5-6,13H2,1-4H3. The van der Waals surface area contributed by atoms with E-state index in [0.29, 0.717) is 5.02 Å². The van der Waals surface area contributed by atoms with Gasteiger partial charge in [-0.05, 0) is 18.8 Å². The van der Waals surface area contributed by atoms with Crippen LogP contribution in [0, 0.1) is 5.41 Å². The molecule has 0 aliphatic rings. The van der Waals surface area contributed by atoms with E-state index in [2.05, 4.69) is 31.3 Å². The van der Waals surface area contributed by atoms with Crippen LogP contribution in [0.5, 0.6) is 0 Å². The lowest BCUT2D eigenvalue weighted by Crippen LogP contribution is -2.39. The first-order chi connectivity index (χ1) is 7.47. The minimum Gasteiger partial charge on any atom is -0.271 e. The summed E-state index contributed by atoms with van der Waals surface area (Å²) in [4.78, 5) is 0. The van der Waals surface area contributed by atoms with E-state index in [0.717, 1.165) is 18.7 Å². The van der Waals surface area contributed by atoms with Gasteiger partial charge in [0.25, 0.3) is 0 Å². The Balaban J connectivity index is 3.17. The van der Waals surface area contributed by atoms with Gasteiger partial charge in [0, 0.05) is 6.54 Å². The molecule has 0 radical (unpaired) electrons. The fraction of sp³-hybridized carbons (Fsp3) is 0.727. The van der Waals surface area contributed by atoms with Crippen LogP contribution in [0.25, 0.3) is 0 Å². The predicted octanol–water partition coefficient (Wildman–Crippen LogP) is 2.50. The van der Waals surface area contributed by atoms with Gasteiger partial charge < -0.3 is 0 Å². The van der Waals surface area contributed by atoms with Crippen LogP contribution in [-0.2, 0) is 6.54 Å². The van der Waals surface area contributed by atoms with Gasteiger partial charge in [-0.3, -0.25) is 16.0 Å². The number of nitrogens with two attached hydrogens (primary N) is 1. The normalized spacial score (nSPS) is 14.1. The lowest BCUT2D eigenvalue weighted by atomic mass is 9.80. The number of nitrogens with one attached hydrogen (secondary N) is 1. The van der Waals surface area contributed by atoms with E-state index in [1.165, 1.54) is 0 Å². The Morgan fingerprint density at radius 2 is 2.19 bits per heavy atom. The second kappa shape index (κ2) is 5.17. The Hall–Kier alpha value is -0.580. The second-order valence-electron chi connectivity index (χ2n) is 4.64. The summed E-state index contributed by atoms with van der Waals surface area (Å²) in [5.74, 6) is 5.67. The molecule has 16 heavy (non-hydrogen) atoms. The number of hydrogen-bond acceptors (Lipinski definition) is 3. The van der Waals surface area contributed by atoms with Crippen LogP contribution in [0.3, 0.4) is 0 Å². The monoisotopic (exact) mass is 244 g/mol. The molecular formula is C11H21ClN4. The van der Waals surface area contributed by atoms with Gasteiger partial charge >= 0.3 is 0 Å². The molecule has 5 heteroatoms. The van der Waals surface area contributed by atoms with Crippen molar-refractivity contribution in [2.45, 2.75) is 46.7 Å². The molecule has 0 saturated heterocycles. The van der Waals surface area contributed by atoms with Gasteiger partial charge in [-0.1, -0.05) is 32.4 Å². The van der Waals surface area contributed by atoms with Crippen molar-refractivity contribution in [2.24, 2.45) is 11.3 Å². The quantitative estimate of drug-likeness (QED) is 0.618. The van der Waals surface area contributed by atoms with E-state index in [1.54, 1.807) is 6.20 Å². The zero-order valence-corrected chi connectivity index (χ0v) is 11.2. The number of aryl methyl sites for hydroxylation is 1. The van der Waals surface area contributed by atoms with Crippen LogP contribution in [0.2, 0.25) is 5.02 Å². The molecule has 1 heterocycles. The number of aromatic nitrogens is 2. The molecule has 0 fully saturated rings. The maximum Gasteiger partial charge on any atom is 0.0834 e. The van der Waals surface area contributed by atoms with Crippen molar-refractivity contribution in [3.05, 3.63) is 16.9 Å². The molecule has 0 spiro atoms. The van der Waals surface area contributed by atoms with Gasteiger partial charge in [-0.15, -0.1) is 0 Å². The van der Waals surface area contributed by atoms with Crippen molar-refractivity contribution >= 4 is 11.6 Å². The molecule has 1 aromatic rings. The van der Waals surface area contributed by atoms with Crippen LogP contribution in [-0.4, -0.2) is 9.78 Å². The molecule has 0 aliphatic carbocycles. The van der Waals surface area contributed by atoms with E-state index in [-0.39, 0.29) is 11.5 Å². The lowest BCUT2D eigenvalue weighted by Gasteiger charge is -2.33. The van der Waals surface area contributed by atoms with Crippen molar-refractivity contribution in [3.63, 3.8) is 0 Å². The summed E-state index contributed by atoms with van der Waals surface area (Å²) in [6.07, 6.45) is 2.68. The molecule has 0 bridgehead atoms. The smallest absolute Gasteiger partial charge is 0.0834 e. The average Bonchev–Trinajstić information content (AvgIpc) is 2.61. The molecule has 0 amide bonds. The molecule has 0 aliphatic heterocycles. The molecule has 1 aromatic heterocycles. The fourth-order valence-electron chi connectivity index (χ4n) is 1.79. The van der Waals surface area contributed by atoms with Crippen LogP contribution in [0.15, 0.2) is 6.20 Å². The van der Waals surface area contributed by atoms with E-state index in [4.69, 9.17) is 17.4 Å². The van der Waals surface area contributed by atoms with Crippen LogP contribution < -0.4 is 11.3 Å². The average molecular weight is 245 g/mol. The number of nitrogens with zero attached hydrogens (tertiary/aromatic N) is 2. The Morgan fingerprint density at radius 3 is 2.62 bits per heavy atom. The number of rotatable bonds is 5. The molecular weight excluding hydrogens is 224 g/mol. The molecule has 1 rings (SSSR count). The zero-order chi connectivity index (χ0) is 12.3. The highest BCUT2D eigenvalue weighted by molar-refractivity contribution is 6.31. The van der Waals surface area contributed by atoms with E-state index < -0.39 is 0 Å². The minimum absolute atomic E-state index is 0.00690. The summed E-state index contributed by atoms with van der Waals surface area (Å²) in [6, 6.07) is 0.00690. The Labute approximate surface area is 102 Å². The summed E-state index contributed by atoms with van der Waals surface area (Å²) in [7, 11) is 0. The van der Waals surface area contributed by atoms with Gasteiger partial charge in [0.1, 0.15) is 0 Å². The summed E-state index contributed by atoms with van der Waals surface area (Å²) < 4.78 is 1.89. The summed E-state index contributed by atoms with van der Waals surface area (Å²) in [5.41, 5.74) is 3.87. The molecule has 1 atom stereocenters. The SMILES string of the molecule is CCn1ncc(Cl)c1C(NN)C(C)(C)CC. The summed E-state index contributed by atoms with van der Waals surface area (Å²) in [5, 5.41) is 4.91. The fourth-order valence-corrected chi connectivity index (χ4v) is 2.04. The molecule has 1 unspecified atom stereocenters. The van der Waals surface area contributed by atoms with E-state index >= 15 is 0 Å². The van der Waals surface area contributed by atoms with E-state index in [1.807, 2.05) is 11.6 Å². The van der Waals surface area contributed by atoms with Crippen LogP contribution in [0.4, 0.5) is 0 Å². The first-order valence-electron chi connectivity index (χ1n) is 5.65. The van der Waals surface area contributed by atoms with Crippen molar-refractivity contribution in [1.82, 2.24) is 15.2 Å². The summed E-state index contributed by atoms with van der Waals surface area (Å²) >= 11 is 6.18.